The number of fused-ring (bicyclic) bond motifs is 12. The van der Waals surface area contributed by atoms with Gasteiger partial charge in [0, 0.05) is 32.6 Å². The number of nitrogens with one attached hydrogen (secondary N) is 1. The molecular weight excluding hydrogens is 627 g/mol. The van der Waals surface area contributed by atoms with Crippen LogP contribution in [0.4, 0.5) is 0 Å². The van der Waals surface area contributed by atoms with Crippen molar-refractivity contribution in [2.75, 3.05) is 0 Å². The van der Waals surface area contributed by atoms with E-state index >= 15 is 0 Å². The van der Waals surface area contributed by atoms with Crippen LogP contribution in [-0.4, -0.2) is 14.0 Å². The molecule has 1 saturated heterocycles. The quantitative estimate of drug-likeness (QED) is 0.193. The van der Waals surface area contributed by atoms with Gasteiger partial charge in [-0.05, 0) is 41.5 Å². The van der Waals surface area contributed by atoms with Crippen LogP contribution in [0.3, 0.4) is 0 Å². The Morgan fingerprint density at radius 2 is 1.12 bits per heavy atom. The van der Waals surface area contributed by atoms with E-state index in [-0.39, 0.29) is 18.6 Å². The van der Waals surface area contributed by atoms with Gasteiger partial charge in [0.1, 0.15) is 11.9 Å². The minimum atomic E-state index is -0.367. The van der Waals surface area contributed by atoms with Gasteiger partial charge < -0.3 is 19.3 Å². The van der Waals surface area contributed by atoms with E-state index < -0.39 is 0 Å². The van der Waals surface area contributed by atoms with Crippen LogP contribution >= 0.6 is 0 Å². The molecule has 0 radical (unpaired) electrons. The van der Waals surface area contributed by atoms with Crippen molar-refractivity contribution < 1.29 is 4.42 Å². The van der Waals surface area contributed by atoms with Crippen LogP contribution in [0.2, 0.25) is 0 Å². The summed E-state index contributed by atoms with van der Waals surface area (Å²) in [5.41, 5.74) is 16.8. The van der Waals surface area contributed by atoms with Crippen LogP contribution in [-0.2, 0) is 0 Å². The molecule has 3 aromatic heterocycles. The van der Waals surface area contributed by atoms with Crippen LogP contribution in [0.15, 0.2) is 168 Å². The van der Waals surface area contributed by atoms with Crippen LogP contribution < -0.4 is 11.1 Å². The molecule has 3 atom stereocenters. The lowest BCUT2D eigenvalue weighted by molar-refractivity contribution is -0.104. The summed E-state index contributed by atoms with van der Waals surface area (Å²) in [6.07, 6.45) is -0.713. The van der Waals surface area contributed by atoms with Crippen molar-refractivity contribution in [2.24, 2.45) is 5.73 Å². The molecule has 3 N–H and O–H groups in total. The molecule has 244 valence electrons. The third kappa shape index (κ3) is 3.98. The number of hydrogen-bond donors (Lipinski definition) is 2. The molecule has 2 unspecified atom stereocenters. The Kier molecular flexibility index (Phi) is 6.13. The van der Waals surface area contributed by atoms with E-state index in [1.807, 2.05) is 6.07 Å². The van der Waals surface area contributed by atoms with Crippen molar-refractivity contribution in [1.29, 1.82) is 0 Å². The summed E-state index contributed by atoms with van der Waals surface area (Å²) < 4.78 is 11.9. The lowest BCUT2D eigenvalue weighted by atomic mass is 10.0. The first-order valence-corrected chi connectivity index (χ1v) is 17.5. The van der Waals surface area contributed by atoms with Gasteiger partial charge in [-0.1, -0.05) is 133 Å². The standard InChI is InChI=1S/C45H33N5O/c46-43(28-16-4-1-5-17-28)50-44(29-18-6-2-7-19-29)47-45(50)49-35-26-14-11-23-32(35)38-37-31-22-10-13-25-34(31)48(30-20-8-3-9-21-30)40(37)39-33-24-12-15-27-36(33)51-42(39)41(38)49/h1-27,43-45,47H,46H2/t43?,44-,45?/m0/s1. The summed E-state index contributed by atoms with van der Waals surface area (Å²) in [7, 11) is 0. The topological polar surface area (TPSA) is 64.3 Å². The summed E-state index contributed by atoms with van der Waals surface area (Å²) in [5, 5.41) is 10.9. The van der Waals surface area contributed by atoms with E-state index in [1.165, 1.54) is 27.1 Å². The molecule has 51 heavy (non-hydrogen) atoms. The average molecular weight is 660 g/mol. The first-order chi connectivity index (χ1) is 25.3. The summed E-state index contributed by atoms with van der Waals surface area (Å²) in [6, 6.07) is 57.7. The number of para-hydroxylation sites is 4. The second kappa shape index (κ2) is 10.9. The maximum absolute atomic E-state index is 7.27. The fourth-order valence-electron chi connectivity index (χ4n) is 8.63. The Morgan fingerprint density at radius 3 is 1.86 bits per heavy atom. The highest BCUT2D eigenvalue weighted by Gasteiger charge is 2.45. The highest BCUT2D eigenvalue weighted by Crippen LogP contribution is 2.51. The molecule has 0 aliphatic carbocycles. The number of nitrogens with two attached hydrogens (primary N) is 1. The van der Waals surface area contributed by atoms with Gasteiger partial charge in [-0.3, -0.25) is 5.32 Å². The molecule has 7 aromatic carbocycles. The van der Waals surface area contributed by atoms with Crippen molar-refractivity contribution in [3.63, 3.8) is 0 Å². The second-order valence-electron chi connectivity index (χ2n) is 13.5. The molecule has 10 aromatic rings. The summed E-state index contributed by atoms with van der Waals surface area (Å²) in [4.78, 5) is 2.39. The smallest absolute Gasteiger partial charge is 0.161 e. The molecule has 6 heteroatoms. The third-order valence-electron chi connectivity index (χ3n) is 10.8. The van der Waals surface area contributed by atoms with Crippen LogP contribution in [0.5, 0.6) is 0 Å². The van der Waals surface area contributed by atoms with Crippen LogP contribution in [0, 0.1) is 0 Å². The van der Waals surface area contributed by atoms with E-state index in [0.717, 1.165) is 55.3 Å². The van der Waals surface area contributed by atoms with E-state index in [4.69, 9.17) is 10.2 Å². The Labute approximate surface area is 293 Å². The molecule has 11 rings (SSSR count). The van der Waals surface area contributed by atoms with Crippen molar-refractivity contribution in [3.8, 4) is 5.69 Å². The van der Waals surface area contributed by atoms with E-state index in [2.05, 4.69) is 177 Å². The molecule has 6 nitrogen and oxygen atoms in total. The number of nitrogens with zero attached hydrogens (tertiary/aromatic N) is 3. The first-order valence-electron chi connectivity index (χ1n) is 17.5. The highest BCUT2D eigenvalue weighted by atomic mass is 16.3. The fourth-order valence-corrected chi connectivity index (χ4v) is 8.63. The fraction of sp³-hybridized carbons (Fsp3) is 0.0667. The second-order valence-corrected chi connectivity index (χ2v) is 13.5. The lowest BCUT2D eigenvalue weighted by Crippen LogP contribution is -2.62. The summed E-state index contributed by atoms with van der Waals surface area (Å²) >= 11 is 0. The van der Waals surface area contributed by atoms with Crippen molar-refractivity contribution in [3.05, 3.63) is 175 Å². The van der Waals surface area contributed by atoms with E-state index in [9.17, 15) is 0 Å². The zero-order chi connectivity index (χ0) is 33.6. The van der Waals surface area contributed by atoms with Gasteiger partial charge in [0.2, 0.25) is 0 Å². The van der Waals surface area contributed by atoms with Gasteiger partial charge in [0.05, 0.1) is 39.8 Å². The van der Waals surface area contributed by atoms with E-state index in [1.54, 1.807) is 0 Å². The number of aromatic nitrogens is 2. The van der Waals surface area contributed by atoms with E-state index in [0.29, 0.717) is 0 Å². The minimum absolute atomic E-state index is 0.0856. The first kappa shape index (κ1) is 28.6. The number of benzene rings is 7. The molecule has 1 fully saturated rings. The Balaban J connectivity index is 1.31. The average Bonchev–Trinajstić information content (AvgIpc) is 3.84. The van der Waals surface area contributed by atoms with Gasteiger partial charge in [-0.2, -0.15) is 0 Å². The zero-order valence-corrected chi connectivity index (χ0v) is 27.6. The maximum Gasteiger partial charge on any atom is 0.161 e. The van der Waals surface area contributed by atoms with Gasteiger partial charge in [-0.25, -0.2) is 4.90 Å². The molecule has 0 spiro atoms. The SMILES string of the molecule is NC(c1ccccc1)N1C(n2c3ccccc3c3c4c5ccccc5n(-c5ccccc5)c4c4c5ccccc5oc4c32)N[C@@H]1c1ccccc1. The van der Waals surface area contributed by atoms with Gasteiger partial charge in [0.25, 0.3) is 0 Å². The van der Waals surface area contributed by atoms with Crippen LogP contribution in [0.25, 0.3) is 71.2 Å². The highest BCUT2D eigenvalue weighted by molar-refractivity contribution is 6.39. The normalized spacial score (nSPS) is 17.3. The zero-order valence-electron chi connectivity index (χ0n) is 27.6. The number of rotatable bonds is 5. The molecule has 1 aliphatic heterocycles. The molecular formula is C45H33N5O. The monoisotopic (exact) mass is 659 g/mol. The maximum atomic E-state index is 7.27. The number of hydrogen-bond acceptors (Lipinski definition) is 4. The van der Waals surface area contributed by atoms with Crippen molar-refractivity contribution in [1.82, 2.24) is 19.4 Å². The minimum Gasteiger partial charge on any atom is -0.454 e. The number of furan rings is 1. The molecule has 0 bridgehead atoms. The van der Waals surface area contributed by atoms with Gasteiger partial charge in [-0.15, -0.1) is 0 Å². The van der Waals surface area contributed by atoms with Crippen molar-refractivity contribution >= 4 is 65.6 Å². The summed E-state index contributed by atoms with van der Waals surface area (Å²) in [6.45, 7) is 0. The molecule has 0 amide bonds. The summed E-state index contributed by atoms with van der Waals surface area (Å²) in [5.74, 6) is 0. The molecule has 0 saturated carbocycles. The molecule has 1 aliphatic rings. The predicted molar refractivity (Wildman–Crippen MR) is 208 cm³/mol. The third-order valence-corrected chi connectivity index (χ3v) is 10.8. The Hall–Kier alpha value is -6.18. The Bertz CT molecular complexity index is 2880. The van der Waals surface area contributed by atoms with Gasteiger partial charge >= 0.3 is 0 Å². The molecule has 4 heterocycles. The van der Waals surface area contributed by atoms with Crippen molar-refractivity contribution in [2.45, 2.75) is 18.6 Å². The largest absolute Gasteiger partial charge is 0.454 e. The lowest BCUT2D eigenvalue weighted by Gasteiger charge is -2.53. The van der Waals surface area contributed by atoms with Gasteiger partial charge in [0.15, 0.2) is 5.58 Å². The van der Waals surface area contributed by atoms with Crippen LogP contribution in [0.1, 0.15) is 29.7 Å². The predicted octanol–water partition coefficient (Wildman–Crippen LogP) is 10.5. The Morgan fingerprint density at radius 1 is 0.549 bits per heavy atom.